The van der Waals surface area contributed by atoms with Crippen molar-refractivity contribution in [2.45, 2.75) is 31.8 Å². The second-order valence-electron chi connectivity index (χ2n) is 6.90. The first kappa shape index (κ1) is 18.3. The maximum atomic E-state index is 10.5. The van der Waals surface area contributed by atoms with Gasteiger partial charge in [0.1, 0.15) is 0 Å². The van der Waals surface area contributed by atoms with Gasteiger partial charge >= 0.3 is 0 Å². The number of nitrogens with zero attached hydrogens (tertiary/aromatic N) is 2. The Morgan fingerprint density at radius 1 is 1.32 bits per heavy atom. The second kappa shape index (κ2) is 8.77. The minimum absolute atomic E-state index is 0.506. The Morgan fingerprint density at radius 2 is 2.08 bits per heavy atom. The standard InChI is InChI=1S/C20H29N3OS/c1-2-21-19(22-15-20(24)10-13-25-16-20)23-11-8-18(9-12-23)14-17-6-4-3-5-7-17/h3-7,14,24H,2,8-13,15-16H2,1H3,(H,21,22). The summed E-state index contributed by atoms with van der Waals surface area (Å²) in [5, 5.41) is 13.9. The fourth-order valence-electron chi connectivity index (χ4n) is 3.30. The highest BCUT2D eigenvalue weighted by atomic mass is 32.2. The van der Waals surface area contributed by atoms with Gasteiger partial charge in [-0.2, -0.15) is 11.8 Å². The van der Waals surface area contributed by atoms with Gasteiger partial charge in [-0.3, -0.25) is 4.99 Å². The number of aliphatic hydroxyl groups is 1. The number of likely N-dealkylation sites (tertiary alicyclic amines) is 1. The number of guanidine groups is 1. The molecule has 2 saturated heterocycles. The van der Waals surface area contributed by atoms with E-state index in [4.69, 9.17) is 4.99 Å². The van der Waals surface area contributed by atoms with E-state index in [1.807, 2.05) is 11.8 Å². The van der Waals surface area contributed by atoms with Crippen molar-refractivity contribution in [1.82, 2.24) is 10.2 Å². The third-order valence-electron chi connectivity index (χ3n) is 4.82. The molecule has 1 aromatic carbocycles. The highest BCUT2D eigenvalue weighted by Crippen LogP contribution is 2.28. The minimum Gasteiger partial charge on any atom is -0.387 e. The first-order chi connectivity index (χ1) is 12.2. The average Bonchev–Trinajstić information content (AvgIpc) is 3.07. The lowest BCUT2D eigenvalue weighted by atomic mass is 10.0. The SMILES string of the molecule is CCNC(=NCC1(O)CCSC1)N1CCC(=Cc2ccccc2)CC1. The van der Waals surface area contributed by atoms with Gasteiger partial charge in [0.25, 0.3) is 0 Å². The molecule has 0 bridgehead atoms. The van der Waals surface area contributed by atoms with E-state index in [2.05, 4.69) is 53.5 Å². The number of benzene rings is 1. The molecule has 2 aliphatic heterocycles. The van der Waals surface area contributed by atoms with Gasteiger partial charge in [-0.05, 0) is 37.5 Å². The summed E-state index contributed by atoms with van der Waals surface area (Å²) in [5.41, 5.74) is 2.18. The number of hydrogen-bond donors (Lipinski definition) is 2. The zero-order valence-electron chi connectivity index (χ0n) is 15.1. The molecular weight excluding hydrogens is 330 g/mol. The lowest BCUT2D eigenvalue weighted by Crippen LogP contribution is -2.45. The summed E-state index contributed by atoms with van der Waals surface area (Å²) >= 11 is 1.82. The van der Waals surface area contributed by atoms with E-state index >= 15 is 0 Å². The zero-order valence-corrected chi connectivity index (χ0v) is 15.9. The van der Waals surface area contributed by atoms with Crippen LogP contribution in [0.5, 0.6) is 0 Å². The van der Waals surface area contributed by atoms with E-state index in [9.17, 15) is 5.11 Å². The van der Waals surface area contributed by atoms with Crippen molar-refractivity contribution in [3.8, 4) is 0 Å². The van der Waals surface area contributed by atoms with Gasteiger partial charge in [0, 0.05) is 25.4 Å². The second-order valence-corrected chi connectivity index (χ2v) is 8.00. The van der Waals surface area contributed by atoms with Crippen molar-refractivity contribution in [3.63, 3.8) is 0 Å². The fraction of sp³-hybridized carbons (Fsp3) is 0.550. The summed E-state index contributed by atoms with van der Waals surface area (Å²) in [6.45, 7) is 5.43. The van der Waals surface area contributed by atoms with Crippen LogP contribution < -0.4 is 5.32 Å². The Labute approximate surface area is 155 Å². The van der Waals surface area contributed by atoms with E-state index < -0.39 is 5.60 Å². The largest absolute Gasteiger partial charge is 0.387 e. The fourth-order valence-corrected chi connectivity index (χ4v) is 4.59. The highest BCUT2D eigenvalue weighted by molar-refractivity contribution is 7.99. The van der Waals surface area contributed by atoms with Crippen molar-refractivity contribution in [3.05, 3.63) is 41.5 Å². The normalized spacial score (nSPS) is 24.5. The van der Waals surface area contributed by atoms with E-state index in [1.54, 1.807) is 0 Å². The summed E-state index contributed by atoms with van der Waals surface area (Å²) in [6, 6.07) is 10.5. The zero-order chi connectivity index (χ0) is 17.5. The van der Waals surface area contributed by atoms with Crippen molar-refractivity contribution < 1.29 is 5.11 Å². The Bertz CT molecular complexity index is 599. The number of aliphatic imine (C=N–C) groups is 1. The van der Waals surface area contributed by atoms with Crippen LogP contribution in [0, 0.1) is 0 Å². The molecule has 0 spiro atoms. The third-order valence-corrected chi connectivity index (χ3v) is 6.05. The predicted octanol–water partition coefficient (Wildman–Crippen LogP) is 3.00. The van der Waals surface area contributed by atoms with Crippen LogP contribution >= 0.6 is 11.8 Å². The molecule has 2 fully saturated rings. The van der Waals surface area contributed by atoms with Gasteiger partial charge in [0.15, 0.2) is 5.96 Å². The van der Waals surface area contributed by atoms with Gasteiger partial charge in [0.05, 0.1) is 12.1 Å². The smallest absolute Gasteiger partial charge is 0.194 e. The van der Waals surface area contributed by atoms with Gasteiger partial charge in [-0.15, -0.1) is 0 Å². The first-order valence-electron chi connectivity index (χ1n) is 9.26. The molecule has 0 amide bonds. The number of rotatable bonds is 4. The van der Waals surface area contributed by atoms with Crippen LogP contribution in [0.15, 0.2) is 40.9 Å². The summed E-state index contributed by atoms with van der Waals surface area (Å²) in [7, 11) is 0. The van der Waals surface area contributed by atoms with Crippen LogP contribution in [-0.2, 0) is 0 Å². The lowest BCUT2D eigenvalue weighted by molar-refractivity contribution is 0.0775. The first-order valence-corrected chi connectivity index (χ1v) is 10.4. The van der Waals surface area contributed by atoms with E-state index in [-0.39, 0.29) is 0 Å². The molecule has 2 aliphatic rings. The van der Waals surface area contributed by atoms with E-state index in [0.29, 0.717) is 6.54 Å². The Balaban J connectivity index is 1.59. The molecule has 2 N–H and O–H groups in total. The number of piperidine rings is 1. The third kappa shape index (κ3) is 5.25. The molecular formula is C20H29N3OS. The van der Waals surface area contributed by atoms with Crippen LogP contribution in [0.25, 0.3) is 6.08 Å². The summed E-state index contributed by atoms with van der Waals surface area (Å²) in [4.78, 5) is 7.08. The van der Waals surface area contributed by atoms with Crippen LogP contribution in [0.1, 0.15) is 31.7 Å². The number of thioether (sulfide) groups is 1. The van der Waals surface area contributed by atoms with E-state index in [1.165, 1.54) is 11.1 Å². The molecule has 5 heteroatoms. The molecule has 1 atom stereocenters. The summed E-state index contributed by atoms with van der Waals surface area (Å²) in [5.74, 6) is 2.80. The molecule has 0 aliphatic carbocycles. The Hall–Kier alpha value is -1.46. The average molecular weight is 360 g/mol. The van der Waals surface area contributed by atoms with Crippen molar-refractivity contribution in [2.24, 2.45) is 4.99 Å². The highest BCUT2D eigenvalue weighted by Gasteiger charge is 2.31. The quantitative estimate of drug-likeness (QED) is 0.641. The predicted molar refractivity (Wildman–Crippen MR) is 108 cm³/mol. The molecule has 3 rings (SSSR count). The topological polar surface area (TPSA) is 47.9 Å². The Kier molecular flexibility index (Phi) is 6.43. The van der Waals surface area contributed by atoms with Crippen molar-refractivity contribution in [1.29, 1.82) is 0 Å². The molecule has 25 heavy (non-hydrogen) atoms. The number of hydrogen-bond acceptors (Lipinski definition) is 3. The van der Waals surface area contributed by atoms with Crippen LogP contribution in [0.3, 0.4) is 0 Å². The molecule has 1 aromatic rings. The molecule has 0 radical (unpaired) electrons. The lowest BCUT2D eigenvalue weighted by Gasteiger charge is -2.32. The number of nitrogens with one attached hydrogen (secondary N) is 1. The van der Waals surface area contributed by atoms with Crippen LogP contribution in [0.4, 0.5) is 0 Å². The summed E-state index contributed by atoms with van der Waals surface area (Å²) in [6.07, 6.45) is 5.31. The van der Waals surface area contributed by atoms with Crippen molar-refractivity contribution in [2.75, 3.05) is 37.7 Å². The Morgan fingerprint density at radius 3 is 2.72 bits per heavy atom. The molecule has 0 aromatic heterocycles. The molecule has 136 valence electrons. The van der Waals surface area contributed by atoms with Crippen molar-refractivity contribution >= 4 is 23.8 Å². The van der Waals surface area contributed by atoms with Gasteiger partial charge in [-0.1, -0.05) is 42.0 Å². The maximum absolute atomic E-state index is 10.5. The summed E-state index contributed by atoms with van der Waals surface area (Å²) < 4.78 is 0. The minimum atomic E-state index is -0.612. The monoisotopic (exact) mass is 359 g/mol. The molecule has 0 saturated carbocycles. The van der Waals surface area contributed by atoms with E-state index in [0.717, 1.165) is 56.4 Å². The molecule has 2 heterocycles. The molecule has 4 nitrogen and oxygen atoms in total. The van der Waals surface area contributed by atoms with Crippen LogP contribution in [-0.4, -0.2) is 59.3 Å². The van der Waals surface area contributed by atoms with Gasteiger partial charge < -0.3 is 15.3 Å². The van der Waals surface area contributed by atoms with Crippen LogP contribution in [0.2, 0.25) is 0 Å². The molecule has 1 unspecified atom stereocenters. The maximum Gasteiger partial charge on any atom is 0.194 e. The van der Waals surface area contributed by atoms with Gasteiger partial charge in [0.2, 0.25) is 0 Å². The van der Waals surface area contributed by atoms with Gasteiger partial charge in [-0.25, -0.2) is 0 Å².